The SMILES string of the molecule is CC1[CH-]CC(C)C1.CC1[CH-]CC(C)C1.[Cl][Zr+2][Cl]. The molecule has 2 aliphatic rings. The third-order valence-electron chi connectivity index (χ3n) is 3.43. The van der Waals surface area contributed by atoms with E-state index in [-0.39, 0.29) is 0 Å². The molecule has 0 nitrogen and oxygen atoms in total. The third kappa shape index (κ3) is 11.0. The van der Waals surface area contributed by atoms with E-state index in [2.05, 4.69) is 40.5 Å². The molecule has 0 aromatic carbocycles. The molecule has 0 aliphatic heterocycles. The van der Waals surface area contributed by atoms with E-state index in [4.69, 9.17) is 17.0 Å². The second-order valence-electron chi connectivity index (χ2n) is 5.65. The molecule has 0 aromatic rings. The van der Waals surface area contributed by atoms with Crippen molar-refractivity contribution in [2.45, 2.75) is 53.4 Å². The first kappa shape index (κ1) is 18.5. The summed E-state index contributed by atoms with van der Waals surface area (Å²) in [5.74, 6) is 3.73. The normalized spacial score (nSPS) is 35.2. The maximum absolute atomic E-state index is 4.93. The van der Waals surface area contributed by atoms with Crippen molar-refractivity contribution in [2.75, 3.05) is 0 Å². The van der Waals surface area contributed by atoms with E-state index < -0.39 is 20.8 Å². The van der Waals surface area contributed by atoms with Gasteiger partial charge in [0, 0.05) is 0 Å². The van der Waals surface area contributed by atoms with Crippen molar-refractivity contribution < 1.29 is 20.8 Å². The first-order chi connectivity index (χ1) is 7.99. The van der Waals surface area contributed by atoms with Gasteiger partial charge in [-0.3, -0.25) is 0 Å². The quantitative estimate of drug-likeness (QED) is 0.475. The van der Waals surface area contributed by atoms with Gasteiger partial charge in [-0.1, -0.05) is 52.4 Å². The fourth-order valence-electron chi connectivity index (χ4n) is 2.58. The van der Waals surface area contributed by atoms with Crippen LogP contribution in [0.2, 0.25) is 0 Å². The van der Waals surface area contributed by atoms with Crippen LogP contribution in [-0.4, -0.2) is 0 Å². The summed E-state index contributed by atoms with van der Waals surface area (Å²) in [6, 6.07) is 0. The van der Waals surface area contributed by atoms with Gasteiger partial charge in [-0.2, -0.15) is 24.7 Å². The molecular formula is C14H26Cl2Zr. The molecule has 100 valence electrons. The summed E-state index contributed by atoms with van der Waals surface area (Å²) in [7, 11) is 9.87. The van der Waals surface area contributed by atoms with Crippen LogP contribution in [0.5, 0.6) is 0 Å². The zero-order chi connectivity index (χ0) is 13.3. The third-order valence-corrected chi connectivity index (χ3v) is 3.43. The van der Waals surface area contributed by atoms with Gasteiger partial charge in [0.2, 0.25) is 0 Å². The molecule has 0 radical (unpaired) electrons. The summed E-state index contributed by atoms with van der Waals surface area (Å²) < 4.78 is 0. The van der Waals surface area contributed by atoms with Gasteiger partial charge >= 0.3 is 37.9 Å². The summed E-state index contributed by atoms with van der Waals surface area (Å²) in [6.07, 6.45) is 10.4. The van der Waals surface area contributed by atoms with E-state index in [1.54, 1.807) is 0 Å². The Morgan fingerprint density at radius 2 is 1.12 bits per heavy atom. The van der Waals surface area contributed by atoms with Crippen LogP contribution in [0.1, 0.15) is 53.4 Å². The van der Waals surface area contributed by atoms with Crippen molar-refractivity contribution in [3.05, 3.63) is 12.8 Å². The average Bonchev–Trinajstić information content (AvgIpc) is 2.78. The van der Waals surface area contributed by atoms with Crippen LogP contribution in [0.4, 0.5) is 0 Å². The molecule has 17 heavy (non-hydrogen) atoms. The van der Waals surface area contributed by atoms with Crippen LogP contribution in [-0.2, 0) is 20.8 Å². The Labute approximate surface area is 127 Å². The van der Waals surface area contributed by atoms with Gasteiger partial charge in [0.05, 0.1) is 0 Å². The van der Waals surface area contributed by atoms with Gasteiger partial charge in [0.25, 0.3) is 0 Å². The standard InChI is InChI=1S/2C7H13.2ClH.Zr/c2*1-6-3-4-7(2)5-6;;;/h2*3,6-7H,4-5H2,1-2H3;2*1H;/q2*-1;;;+4/p-2. The summed E-state index contributed by atoms with van der Waals surface area (Å²) in [5.41, 5.74) is 0. The first-order valence-electron chi connectivity index (χ1n) is 6.62. The molecular weight excluding hydrogens is 330 g/mol. The average molecular weight is 356 g/mol. The topological polar surface area (TPSA) is 0 Å². The zero-order valence-corrected chi connectivity index (χ0v) is 15.5. The Hall–Kier alpha value is 1.46. The second-order valence-corrected chi connectivity index (χ2v) is 9.38. The van der Waals surface area contributed by atoms with Gasteiger partial charge in [-0.05, 0) is 0 Å². The second kappa shape index (κ2) is 11.3. The Bertz CT molecular complexity index is 142. The van der Waals surface area contributed by atoms with Gasteiger partial charge in [0.1, 0.15) is 0 Å². The minimum absolute atomic E-state index is 0.826. The van der Waals surface area contributed by atoms with Crippen molar-refractivity contribution in [3.8, 4) is 0 Å². The Balaban J connectivity index is 0.000000247. The van der Waals surface area contributed by atoms with Crippen LogP contribution < -0.4 is 0 Å². The monoisotopic (exact) mass is 354 g/mol. The van der Waals surface area contributed by atoms with Crippen molar-refractivity contribution in [2.24, 2.45) is 23.7 Å². The molecule has 0 spiro atoms. The molecule has 0 bridgehead atoms. The molecule has 2 fully saturated rings. The molecule has 0 amide bonds. The maximum atomic E-state index is 4.93. The van der Waals surface area contributed by atoms with E-state index in [1.807, 2.05) is 0 Å². The molecule has 0 heterocycles. The fraction of sp³-hybridized carbons (Fsp3) is 0.857. The number of hydrogen-bond acceptors (Lipinski definition) is 0. The van der Waals surface area contributed by atoms with Crippen LogP contribution in [0.3, 0.4) is 0 Å². The molecule has 2 rings (SSSR count). The van der Waals surface area contributed by atoms with E-state index in [0.29, 0.717) is 0 Å². The molecule has 2 saturated carbocycles. The van der Waals surface area contributed by atoms with Crippen molar-refractivity contribution in [1.82, 2.24) is 0 Å². The van der Waals surface area contributed by atoms with Gasteiger partial charge in [-0.25, -0.2) is 0 Å². The van der Waals surface area contributed by atoms with Gasteiger partial charge in [0.15, 0.2) is 0 Å². The van der Waals surface area contributed by atoms with E-state index in [9.17, 15) is 0 Å². The first-order valence-corrected chi connectivity index (χ1v) is 13.0. The number of rotatable bonds is 0. The Morgan fingerprint density at radius 1 is 0.824 bits per heavy atom. The van der Waals surface area contributed by atoms with Gasteiger partial charge in [-0.15, -0.1) is 0 Å². The van der Waals surface area contributed by atoms with Gasteiger partial charge < -0.3 is 12.8 Å². The van der Waals surface area contributed by atoms with Crippen LogP contribution in [0.25, 0.3) is 0 Å². The van der Waals surface area contributed by atoms with Crippen molar-refractivity contribution in [1.29, 1.82) is 0 Å². The van der Waals surface area contributed by atoms with Crippen molar-refractivity contribution in [3.63, 3.8) is 0 Å². The Morgan fingerprint density at radius 3 is 1.18 bits per heavy atom. The summed E-state index contributed by atoms with van der Waals surface area (Å²) in [6.45, 7) is 9.23. The molecule has 0 aromatic heterocycles. The van der Waals surface area contributed by atoms with Crippen LogP contribution in [0.15, 0.2) is 0 Å². The predicted molar refractivity (Wildman–Crippen MR) is 75.4 cm³/mol. The minimum atomic E-state index is -0.826. The molecule has 4 atom stereocenters. The molecule has 4 unspecified atom stereocenters. The van der Waals surface area contributed by atoms with Crippen molar-refractivity contribution >= 4 is 17.0 Å². The van der Waals surface area contributed by atoms with E-state index in [1.165, 1.54) is 25.7 Å². The van der Waals surface area contributed by atoms with E-state index in [0.717, 1.165) is 23.7 Å². The summed E-state index contributed by atoms with van der Waals surface area (Å²) in [5, 5.41) is 0. The van der Waals surface area contributed by atoms with Crippen LogP contribution in [0, 0.1) is 36.5 Å². The summed E-state index contributed by atoms with van der Waals surface area (Å²) in [4.78, 5) is 0. The molecule has 2 aliphatic carbocycles. The Kier molecular flexibility index (Phi) is 12.3. The van der Waals surface area contributed by atoms with E-state index >= 15 is 0 Å². The fourth-order valence-corrected chi connectivity index (χ4v) is 2.58. The number of hydrogen-bond donors (Lipinski definition) is 0. The molecule has 0 saturated heterocycles. The van der Waals surface area contributed by atoms with Crippen LogP contribution >= 0.6 is 17.0 Å². The molecule has 3 heteroatoms. The number of halogens is 2. The predicted octanol–water partition coefficient (Wildman–Crippen LogP) is 5.89. The zero-order valence-electron chi connectivity index (χ0n) is 11.5. The summed E-state index contributed by atoms with van der Waals surface area (Å²) >= 11 is -0.826. The molecule has 0 N–H and O–H groups in total.